The average Bonchev–Trinajstić information content (AvgIpc) is 1.88. The Morgan fingerprint density at radius 2 is 1.82 bits per heavy atom. The van der Waals surface area contributed by atoms with Gasteiger partial charge in [-0.05, 0) is 31.9 Å². The molecule has 11 heavy (non-hydrogen) atoms. The summed E-state index contributed by atoms with van der Waals surface area (Å²) in [6, 6.07) is 0. The van der Waals surface area contributed by atoms with Crippen LogP contribution in [0.2, 0.25) is 0 Å². The molecule has 0 saturated heterocycles. The van der Waals surface area contributed by atoms with Gasteiger partial charge in [-0.2, -0.15) is 0 Å². The van der Waals surface area contributed by atoms with Crippen molar-refractivity contribution in [2.75, 3.05) is 0 Å². The van der Waals surface area contributed by atoms with Crippen LogP contribution in [0.1, 0.15) is 20.8 Å². The minimum atomic E-state index is 1.07. The van der Waals surface area contributed by atoms with E-state index in [1.165, 1.54) is 5.57 Å². The number of hydrogen-bond donors (Lipinski definition) is 0. The highest BCUT2D eigenvalue weighted by Crippen LogP contribution is 2.14. The molecule has 0 amide bonds. The molecule has 0 saturated carbocycles. The van der Waals surface area contributed by atoms with Crippen LogP contribution in [0, 0.1) is 0 Å². The zero-order valence-electron chi connectivity index (χ0n) is 7.65. The van der Waals surface area contributed by atoms with Gasteiger partial charge in [-0.3, -0.25) is 0 Å². The summed E-state index contributed by atoms with van der Waals surface area (Å²) in [5.41, 5.74) is 3.42. The van der Waals surface area contributed by atoms with E-state index in [0.29, 0.717) is 0 Å². The molecule has 0 aliphatic carbocycles. The summed E-state index contributed by atoms with van der Waals surface area (Å²) in [7, 11) is 0. The van der Waals surface area contributed by atoms with E-state index in [1.807, 2.05) is 26.0 Å². The second kappa shape index (κ2) is 4.73. The van der Waals surface area contributed by atoms with Crippen LogP contribution in [0.25, 0.3) is 0 Å². The van der Waals surface area contributed by atoms with Crippen molar-refractivity contribution in [3.05, 3.63) is 48.1 Å². The van der Waals surface area contributed by atoms with Crippen LogP contribution < -0.4 is 0 Å². The third kappa shape index (κ3) is 3.03. The highest BCUT2D eigenvalue weighted by Gasteiger charge is 1.94. The molecule has 0 aliphatic rings. The van der Waals surface area contributed by atoms with Gasteiger partial charge in [0, 0.05) is 0 Å². The largest absolute Gasteiger partial charge is 0.0985 e. The summed E-state index contributed by atoms with van der Waals surface area (Å²) in [4.78, 5) is 0. The fourth-order valence-electron chi connectivity index (χ4n) is 1.01. The Bertz CT molecular complexity index is 214. The molecule has 0 aromatic heterocycles. The van der Waals surface area contributed by atoms with Gasteiger partial charge >= 0.3 is 0 Å². The van der Waals surface area contributed by atoms with Crippen molar-refractivity contribution in [1.82, 2.24) is 0 Å². The normalized spacial score (nSPS) is 13.0. The van der Waals surface area contributed by atoms with Gasteiger partial charge in [-0.25, -0.2) is 0 Å². The molecule has 0 heterocycles. The molecule has 0 nitrogen and oxygen atoms in total. The molecule has 0 heteroatoms. The molecule has 0 rings (SSSR count). The monoisotopic (exact) mass is 148 g/mol. The van der Waals surface area contributed by atoms with Crippen molar-refractivity contribution in [1.29, 1.82) is 0 Å². The molecule has 0 aliphatic heterocycles. The first-order valence-electron chi connectivity index (χ1n) is 3.75. The summed E-state index contributed by atoms with van der Waals surface area (Å²) in [5, 5.41) is 0. The lowest BCUT2D eigenvalue weighted by Crippen LogP contribution is -1.82. The molecular weight excluding hydrogens is 132 g/mol. The SMILES string of the molecule is C=C/C(C(=C)C)=C(C)\C=C\C. The maximum Gasteiger partial charge on any atom is -0.0210 e. The number of allylic oxidation sites excluding steroid dienone is 6. The van der Waals surface area contributed by atoms with Crippen molar-refractivity contribution in [2.45, 2.75) is 20.8 Å². The van der Waals surface area contributed by atoms with Crippen LogP contribution >= 0.6 is 0 Å². The molecule has 0 spiro atoms. The van der Waals surface area contributed by atoms with Crippen molar-refractivity contribution in [2.24, 2.45) is 0 Å². The smallest absolute Gasteiger partial charge is 0.0210 e. The van der Waals surface area contributed by atoms with Crippen LogP contribution in [-0.4, -0.2) is 0 Å². The van der Waals surface area contributed by atoms with Crippen LogP contribution in [0.15, 0.2) is 48.1 Å². The lowest BCUT2D eigenvalue weighted by Gasteiger charge is -2.02. The lowest BCUT2D eigenvalue weighted by atomic mass is 10.0. The van der Waals surface area contributed by atoms with Crippen molar-refractivity contribution in [3.63, 3.8) is 0 Å². The second-order valence-corrected chi connectivity index (χ2v) is 2.58. The number of hydrogen-bond acceptors (Lipinski definition) is 0. The Kier molecular flexibility index (Phi) is 4.28. The Hall–Kier alpha value is -1.04. The fourth-order valence-corrected chi connectivity index (χ4v) is 1.01. The van der Waals surface area contributed by atoms with Crippen LogP contribution in [-0.2, 0) is 0 Å². The maximum atomic E-state index is 3.87. The van der Waals surface area contributed by atoms with E-state index in [-0.39, 0.29) is 0 Å². The maximum absolute atomic E-state index is 3.87. The molecule has 0 bridgehead atoms. The van der Waals surface area contributed by atoms with Crippen LogP contribution in [0.3, 0.4) is 0 Å². The van der Waals surface area contributed by atoms with E-state index < -0.39 is 0 Å². The molecule has 0 fully saturated rings. The Labute approximate surface area is 69.6 Å². The van der Waals surface area contributed by atoms with Crippen molar-refractivity contribution < 1.29 is 0 Å². The Morgan fingerprint density at radius 1 is 1.27 bits per heavy atom. The highest BCUT2D eigenvalue weighted by molar-refractivity contribution is 5.43. The van der Waals surface area contributed by atoms with Gasteiger partial charge in [0.25, 0.3) is 0 Å². The molecule has 0 aromatic rings. The molecule has 0 aromatic carbocycles. The average molecular weight is 148 g/mol. The van der Waals surface area contributed by atoms with E-state index >= 15 is 0 Å². The number of rotatable bonds is 3. The summed E-state index contributed by atoms with van der Waals surface area (Å²) in [5.74, 6) is 0. The second-order valence-electron chi connectivity index (χ2n) is 2.58. The summed E-state index contributed by atoms with van der Waals surface area (Å²) in [6.45, 7) is 13.7. The topological polar surface area (TPSA) is 0 Å². The quantitative estimate of drug-likeness (QED) is 0.536. The van der Waals surface area contributed by atoms with Gasteiger partial charge in [-0.15, -0.1) is 0 Å². The lowest BCUT2D eigenvalue weighted by molar-refractivity contribution is 1.36. The summed E-state index contributed by atoms with van der Waals surface area (Å²) < 4.78 is 0. The first-order chi connectivity index (χ1) is 5.13. The summed E-state index contributed by atoms with van der Waals surface area (Å²) >= 11 is 0. The Morgan fingerprint density at radius 3 is 2.09 bits per heavy atom. The molecular formula is C11H16. The van der Waals surface area contributed by atoms with Gasteiger partial charge in [-0.1, -0.05) is 37.0 Å². The minimum Gasteiger partial charge on any atom is -0.0985 e. The van der Waals surface area contributed by atoms with E-state index in [9.17, 15) is 0 Å². The molecule has 0 radical (unpaired) electrons. The third-order valence-electron chi connectivity index (χ3n) is 1.51. The highest BCUT2D eigenvalue weighted by atomic mass is 14.0. The summed E-state index contributed by atoms with van der Waals surface area (Å²) in [6.07, 6.45) is 5.92. The molecule has 0 unspecified atom stereocenters. The molecule has 0 N–H and O–H groups in total. The molecule has 60 valence electrons. The van der Waals surface area contributed by atoms with E-state index in [2.05, 4.69) is 26.2 Å². The first kappa shape index (κ1) is 9.96. The minimum absolute atomic E-state index is 1.07. The predicted molar refractivity (Wildman–Crippen MR) is 52.5 cm³/mol. The van der Waals surface area contributed by atoms with Gasteiger partial charge in [0.2, 0.25) is 0 Å². The van der Waals surface area contributed by atoms with Gasteiger partial charge < -0.3 is 0 Å². The standard InChI is InChI=1S/C11H16/c1-6-8-10(5)11(7-2)9(3)4/h6-8H,2-3H2,1,4-5H3/b8-6+,11-10+. The van der Waals surface area contributed by atoms with Gasteiger partial charge in [0.05, 0.1) is 0 Å². The van der Waals surface area contributed by atoms with Gasteiger partial charge in [0.1, 0.15) is 0 Å². The fraction of sp³-hybridized carbons (Fsp3) is 0.273. The van der Waals surface area contributed by atoms with E-state index in [0.717, 1.165) is 11.1 Å². The van der Waals surface area contributed by atoms with Crippen molar-refractivity contribution in [3.8, 4) is 0 Å². The van der Waals surface area contributed by atoms with E-state index in [4.69, 9.17) is 0 Å². The van der Waals surface area contributed by atoms with Crippen LogP contribution in [0.5, 0.6) is 0 Å². The zero-order valence-corrected chi connectivity index (χ0v) is 7.65. The first-order valence-corrected chi connectivity index (χ1v) is 3.75. The van der Waals surface area contributed by atoms with Gasteiger partial charge in [0.15, 0.2) is 0 Å². The Balaban J connectivity index is 4.82. The zero-order chi connectivity index (χ0) is 8.85. The third-order valence-corrected chi connectivity index (χ3v) is 1.51. The van der Waals surface area contributed by atoms with Crippen LogP contribution in [0.4, 0.5) is 0 Å². The molecule has 0 atom stereocenters. The predicted octanol–water partition coefficient (Wildman–Crippen LogP) is 3.64. The van der Waals surface area contributed by atoms with Crippen molar-refractivity contribution >= 4 is 0 Å². The van der Waals surface area contributed by atoms with E-state index in [1.54, 1.807) is 0 Å².